The fourth-order valence-corrected chi connectivity index (χ4v) is 3.28. The third-order valence-corrected chi connectivity index (χ3v) is 4.64. The quantitative estimate of drug-likeness (QED) is 0.391. The lowest BCUT2D eigenvalue weighted by atomic mass is 10.0. The molecule has 5 nitrogen and oxygen atoms in total. The molecule has 4 rings (SSSR count). The van der Waals surface area contributed by atoms with Gasteiger partial charge in [0, 0.05) is 6.42 Å². The number of para-hydroxylation sites is 1. The van der Waals surface area contributed by atoms with Gasteiger partial charge in [0.25, 0.3) is 11.8 Å². The molecule has 138 valence electrons. The molecule has 2 amide bonds. The fraction of sp³-hybridized carbons (Fsp3) is 0.0870. The van der Waals surface area contributed by atoms with Gasteiger partial charge in [-0.15, -0.1) is 0 Å². The predicted molar refractivity (Wildman–Crippen MR) is 103 cm³/mol. The van der Waals surface area contributed by atoms with Crippen LogP contribution in [-0.2, 0) is 11.2 Å². The average Bonchev–Trinajstić information content (AvgIpc) is 2.98. The van der Waals surface area contributed by atoms with Crippen molar-refractivity contribution in [2.45, 2.75) is 12.5 Å². The molecule has 0 fully saturated rings. The van der Waals surface area contributed by atoms with Gasteiger partial charge < -0.3 is 4.74 Å². The predicted octanol–water partition coefficient (Wildman–Crippen LogP) is 3.50. The van der Waals surface area contributed by atoms with Crippen LogP contribution in [0, 0.1) is 0 Å². The van der Waals surface area contributed by atoms with Crippen molar-refractivity contribution in [2.75, 3.05) is 0 Å². The Labute approximate surface area is 162 Å². The molecule has 0 N–H and O–H groups in total. The molecule has 1 aliphatic rings. The minimum Gasteiger partial charge on any atom is -0.425 e. The number of hydrogen-bond donors (Lipinski definition) is 0. The van der Waals surface area contributed by atoms with Crippen molar-refractivity contribution in [3.63, 3.8) is 0 Å². The Bertz CT molecular complexity index is 996. The van der Waals surface area contributed by atoms with Gasteiger partial charge in [-0.05, 0) is 29.8 Å². The maximum atomic E-state index is 13.0. The zero-order chi connectivity index (χ0) is 19.5. The summed E-state index contributed by atoms with van der Waals surface area (Å²) < 4.78 is 5.47. The van der Waals surface area contributed by atoms with Gasteiger partial charge in [0.1, 0.15) is 11.8 Å². The number of benzene rings is 3. The summed E-state index contributed by atoms with van der Waals surface area (Å²) in [4.78, 5) is 39.8. The van der Waals surface area contributed by atoms with E-state index in [1.807, 2.05) is 36.4 Å². The molecule has 28 heavy (non-hydrogen) atoms. The number of amides is 2. The van der Waals surface area contributed by atoms with E-state index in [0.717, 1.165) is 10.5 Å². The zero-order valence-corrected chi connectivity index (χ0v) is 14.9. The Morgan fingerprint density at radius 1 is 0.750 bits per heavy atom. The van der Waals surface area contributed by atoms with Crippen LogP contribution in [0.15, 0.2) is 84.9 Å². The molecule has 1 unspecified atom stereocenters. The largest absolute Gasteiger partial charge is 0.425 e. The first-order chi connectivity index (χ1) is 13.6. The van der Waals surface area contributed by atoms with Gasteiger partial charge in [0.15, 0.2) is 0 Å². The van der Waals surface area contributed by atoms with Crippen molar-refractivity contribution in [1.29, 1.82) is 0 Å². The number of ether oxygens (including phenoxy) is 1. The Morgan fingerprint density at radius 2 is 1.25 bits per heavy atom. The van der Waals surface area contributed by atoms with Gasteiger partial charge in [-0.25, -0.2) is 4.79 Å². The van der Waals surface area contributed by atoms with Crippen LogP contribution in [-0.4, -0.2) is 28.7 Å². The first kappa shape index (κ1) is 17.7. The lowest BCUT2D eigenvalue weighted by Crippen LogP contribution is -2.48. The van der Waals surface area contributed by atoms with E-state index in [1.54, 1.807) is 48.5 Å². The molecule has 0 aromatic heterocycles. The summed E-state index contributed by atoms with van der Waals surface area (Å²) in [6, 6.07) is 23.4. The smallest absolute Gasteiger partial charge is 0.335 e. The molecule has 1 aliphatic heterocycles. The molecule has 0 saturated heterocycles. The SMILES string of the molecule is O=C(Oc1ccccc1)C(Cc1ccccc1)N1C(=O)c2ccccc2C1=O. The molecule has 0 aliphatic carbocycles. The summed E-state index contributed by atoms with van der Waals surface area (Å²) in [5.74, 6) is -1.25. The van der Waals surface area contributed by atoms with Crippen molar-refractivity contribution < 1.29 is 19.1 Å². The monoisotopic (exact) mass is 371 g/mol. The van der Waals surface area contributed by atoms with Crippen LogP contribution >= 0.6 is 0 Å². The summed E-state index contributed by atoms with van der Waals surface area (Å²) in [6.07, 6.45) is 0.179. The van der Waals surface area contributed by atoms with Crippen LogP contribution in [0.4, 0.5) is 0 Å². The van der Waals surface area contributed by atoms with E-state index in [-0.39, 0.29) is 6.42 Å². The molecule has 3 aromatic carbocycles. The normalized spacial score (nSPS) is 13.9. The van der Waals surface area contributed by atoms with Crippen molar-refractivity contribution in [3.8, 4) is 5.75 Å². The second-order valence-electron chi connectivity index (χ2n) is 6.47. The van der Waals surface area contributed by atoms with Crippen molar-refractivity contribution >= 4 is 17.8 Å². The van der Waals surface area contributed by atoms with Crippen LogP contribution in [0.5, 0.6) is 5.75 Å². The van der Waals surface area contributed by atoms with E-state index in [1.165, 1.54) is 0 Å². The molecule has 1 heterocycles. The van der Waals surface area contributed by atoms with E-state index in [4.69, 9.17) is 4.74 Å². The van der Waals surface area contributed by atoms with E-state index in [0.29, 0.717) is 16.9 Å². The van der Waals surface area contributed by atoms with Gasteiger partial charge >= 0.3 is 5.97 Å². The minimum atomic E-state index is -1.06. The highest BCUT2D eigenvalue weighted by atomic mass is 16.5. The molecule has 1 atom stereocenters. The topological polar surface area (TPSA) is 63.7 Å². The van der Waals surface area contributed by atoms with E-state index in [2.05, 4.69) is 0 Å². The molecule has 3 aromatic rings. The number of rotatable bonds is 5. The molecule has 5 heteroatoms. The van der Waals surface area contributed by atoms with Crippen LogP contribution < -0.4 is 4.74 Å². The van der Waals surface area contributed by atoms with E-state index >= 15 is 0 Å². The van der Waals surface area contributed by atoms with Crippen LogP contribution in [0.1, 0.15) is 26.3 Å². The Kier molecular flexibility index (Phi) is 4.72. The maximum absolute atomic E-state index is 13.0. The van der Waals surface area contributed by atoms with E-state index in [9.17, 15) is 14.4 Å². The summed E-state index contributed by atoms with van der Waals surface area (Å²) in [5, 5.41) is 0. The molecular weight excluding hydrogens is 354 g/mol. The average molecular weight is 371 g/mol. The summed E-state index contributed by atoms with van der Waals surface area (Å²) in [6.45, 7) is 0. The van der Waals surface area contributed by atoms with Crippen LogP contribution in [0.3, 0.4) is 0 Å². The highest BCUT2D eigenvalue weighted by Gasteiger charge is 2.43. The number of imide groups is 1. The van der Waals surface area contributed by atoms with Crippen molar-refractivity contribution in [3.05, 3.63) is 102 Å². The lowest BCUT2D eigenvalue weighted by Gasteiger charge is -2.24. The van der Waals surface area contributed by atoms with Crippen molar-refractivity contribution in [2.24, 2.45) is 0 Å². The first-order valence-electron chi connectivity index (χ1n) is 8.93. The molecular formula is C23H17NO4. The fourth-order valence-electron chi connectivity index (χ4n) is 3.28. The number of esters is 1. The Balaban J connectivity index is 1.68. The standard InChI is InChI=1S/C23H17NO4/c25-21-18-13-7-8-14-19(18)22(26)24(21)20(15-16-9-3-1-4-10-16)23(27)28-17-11-5-2-6-12-17/h1-14,20H,15H2. The van der Waals surface area contributed by atoms with Gasteiger partial charge in [0.2, 0.25) is 0 Å². The Hall–Kier alpha value is -3.73. The van der Waals surface area contributed by atoms with Gasteiger partial charge in [0.05, 0.1) is 11.1 Å². The van der Waals surface area contributed by atoms with Gasteiger partial charge in [-0.3, -0.25) is 14.5 Å². The third-order valence-electron chi connectivity index (χ3n) is 4.64. The Morgan fingerprint density at radius 3 is 1.82 bits per heavy atom. The van der Waals surface area contributed by atoms with Gasteiger partial charge in [-0.2, -0.15) is 0 Å². The van der Waals surface area contributed by atoms with Crippen LogP contribution in [0.2, 0.25) is 0 Å². The highest BCUT2D eigenvalue weighted by Crippen LogP contribution is 2.27. The number of carbonyl (C=O) groups is 3. The second-order valence-corrected chi connectivity index (χ2v) is 6.47. The number of nitrogens with zero attached hydrogens (tertiary/aromatic N) is 1. The number of hydrogen-bond acceptors (Lipinski definition) is 4. The van der Waals surface area contributed by atoms with Crippen LogP contribution in [0.25, 0.3) is 0 Å². The second kappa shape index (κ2) is 7.48. The molecule has 0 radical (unpaired) electrons. The van der Waals surface area contributed by atoms with E-state index < -0.39 is 23.8 Å². The van der Waals surface area contributed by atoms with Crippen molar-refractivity contribution in [1.82, 2.24) is 4.90 Å². The highest BCUT2D eigenvalue weighted by molar-refractivity contribution is 6.22. The zero-order valence-electron chi connectivity index (χ0n) is 14.9. The third kappa shape index (κ3) is 3.30. The number of fused-ring (bicyclic) bond motifs is 1. The molecule has 0 bridgehead atoms. The minimum absolute atomic E-state index is 0.179. The summed E-state index contributed by atoms with van der Waals surface area (Å²) >= 11 is 0. The summed E-state index contributed by atoms with van der Waals surface area (Å²) in [5.41, 5.74) is 1.44. The lowest BCUT2D eigenvalue weighted by molar-refractivity contribution is -0.138. The number of carbonyl (C=O) groups excluding carboxylic acids is 3. The summed E-state index contributed by atoms with van der Waals surface area (Å²) in [7, 11) is 0. The maximum Gasteiger partial charge on any atom is 0.335 e. The first-order valence-corrected chi connectivity index (χ1v) is 8.93. The van der Waals surface area contributed by atoms with Gasteiger partial charge in [-0.1, -0.05) is 60.7 Å². The molecule has 0 saturated carbocycles. The molecule has 0 spiro atoms.